The maximum absolute atomic E-state index is 5.45. The summed E-state index contributed by atoms with van der Waals surface area (Å²) >= 11 is 0. The Balaban J connectivity index is 1.37. The molecule has 29 heavy (non-hydrogen) atoms. The topological polar surface area (TPSA) is 71.0 Å². The average molecular weight is 396 g/mol. The number of pyridine rings is 1. The predicted molar refractivity (Wildman–Crippen MR) is 115 cm³/mol. The number of hydrogen-bond donors (Lipinski definition) is 2. The number of guanidine groups is 1. The molecule has 2 aliphatic rings. The molecule has 0 saturated carbocycles. The van der Waals surface area contributed by atoms with E-state index in [0.717, 1.165) is 48.5 Å². The van der Waals surface area contributed by atoms with Gasteiger partial charge >= 0.3 is 0 Å². The summed E-state index contributed by atoms with van der Waals surface area (Å²) in [6, 6.07) is 10.2. The summed E-state index contributed by atoms with van der Waals surface area (Å²) in [7, 11) is 0. The van der Waals surface area contributed by atoms with Gasteiger partial charge in [-0.1, -0.05) is 6.07 Å². The highest BCUT2D eigenvalue weighted by Crippen LogP contribution is 2.32. The third kappa shape index (κ3) is 5.10. The second-order valence-corrected chi connectivity index (χ2v) is 7.31. The van der Waals surface area contributed by atoms with Gasteiger partial charge in [-0.05, 0) is 61.6 Å². The highest BCUT2D eigenvalue weighted by atomic mass is 16.7. The zero-order chi connectivity index (χ0) is 19.9. The SMILES string of the molecule is CCNC(=NCc1ccc2c(c1)OCO2)NCc1ccnc(N2CCCCC2)c1. The zero-order valence-electron chi connectivity index (χ0n) is 17.0. The van der Waals surface area contributed by atoms with Crippen LogP contribution in [0.3, 0.4) is 0 Å². The Labute approximate surface area is 172 Å². The minimum absolute atomic E-state index is 0.289. The molecule has 2 aliphatic heterocycles. The molecule has 7 nitrogen and oxygen atoms in total. The van der Waals surface area contributed by atoms with Crippen molar-refractivity contribution in [1.29, 1.82) is 0 Å². The molecule has 0 spiro atoms. The van der Waals surface area contributed by atoms with E-state index in [2.05, 4.69) is 39.6 Å². The standard InChI is InChI=1S/C22H29N5O2/c1-2-23-22(25-14-17-6-7-19-20(12-17)29-16-28-19)26-15-18-8-9-24-21(13-18)27-10-4-3-5-11-27/h6-9,12-13H,2-5,10-11,14-16H2,1H3,(H2,23,25,26). The fourth-order valence-corrected chi connectivity index (χ4v) is 3.60. The van der Waals surface area contributed by atoms with Gasteiger partial charge in [0.05, 0.1) is 6.54 Å². The van der Waals surface area contributed by atoms with Crippen LogP contribution in [0.1, 0.15) is 37.3 Å². The number of hydrogen-bond acceptors (Lipinski definition) is 5. The van der Waals surface area contributed by atoms with Crippen LogP contribution >= 0.6 is 0 Å². The van der Waals surface area contributed by atoms with Gasteiger partial charge in [-0.25, -0.2) is 9.98 Å². The van der Waals surface area contributed by atoms with Crippen LogP contribution in [0.4, 0.5) is 5.82 Å². The quantitative estimate of drug-likeness (QED) is 0.579. The molecule has 4 rings (SSSR count). The van der Waals surface area contributed by atoms with E-state index in [0.29, 0.717) is 13.1 Å². The Morgan fingerprint density at radius 3 is 2.76 bits per heavy atom. The molecule has 154 valence electrons. The number of piperidine rings is 1. The van der Waals surface area contributed by atoms with Crippen LogP contribution in [0.2, 0.25) is 0 Å². The van der Waals surface area contributed by atoms with Crippen LogP contribution in [0.15, 0.2) is 41.5 Å². The lowest BCUT2D eigenvalue weighted by atomic mass is 10.1. The van der Waals surface area contributed by atoms with E-state index >= 15 is 0 Å². The van der Waals surface area contributed by atoms with Crippen LogP contribution in [-0.2, 0) is 13.1 Å². The fraction of sp³-hybridized carbons (Fsp3) is 0.455. The molecule has 0 bridgehead atoms. The molecule has 2 aromatic rings. The van der Waals surface area contributed by atoms with Gasteiger partial charge < -0.3 is 25.0 Å². The van der Waals surface area contributed by atoms with Gasteiger partial charge in [0.25, 0.3) is 0 Å². The number of aromatic nitrogens is 1. The Morgan fingerprint density at radius 2 is 1.90 bits per heavy atom. The molecule has 1 aromatic carbocycles. The van der Waals surface area contributed by atoms with Crippen LogP contribution in [0.5, 0.6) is 11.5 Å². The number of aliphatic imine (C=N–C) groups is 1. The van der Waals surface area contributed by atoms with E-state index in [-0.39, 0.29) is 6.79 Å². The van der Waals surface area contributed by atoms with E-state index in [1.165, 1.54) is 24.8 Å². The Morgan fingerprint density at radius 1 is 1.03 bits per heavy atom. The van der Waals surface area contributed by atoms with Gasteiger partial charge in [0.15, 0.2) is 17.5 Å². The second kappa shape index (κ2) is 9.49. The van der Waals surface area contributed by atoms with Crippen molar-refractivity contribution in [2.75, 3.05) is 31.3 Å². The lowest BCUT2D eigenvalue weighted by Gasteiger charge is -2.28. The van der Waals surface area contributed by atoms with Gasteiger partial charge in [-0.15, -0.1) is 0 Å². The van der Waals surface area contributed by atoms with Crippen molar-refractivity contribution >= 4 is 11.8 Å². The molecule has 7 heteroatoms. The second-order valence-electron chi connectivity index (χ2n) is 7.31. The van der Waals surface area contributed by atoms with E-state index < -0.39 is 0 Å². The van der Waals surface area contributed by atoms with Crippen molar-refractivity contribution in [3.63, 3.8) is 0 Å². The molecule has 1 fully saturated rings. The summed E-state index contributed by atoms with van der Waals surface area (Å²) in [5.74, 6) is 3.45. The molecule has 0 radical (unpaired) electrons. The normalized spacial score (nSPS) is 16.0. The molecule has 1 aromatic heterocycles. The molecule has 0 aliphatic carbocycles. The van der Waals surface area contributed by atoms with Crippen LogP contribution in [-0.4, -0.2) is 37.4 Å². The Kier molecular flexibility index (Phi) is 6.34. The number of rotatable bonds is 6. The molecule has 2 N–H and O–H groups in total. The Hall–Kier alpha value is -2.96. The molecule has 3 heterocycles. The summed E-state index contributed by atoms with van der Waals surface area (Å²) in [6.07, 6.45) is 5.73. The highest BCUT2D eigenvalue weighted by molar-refractivity contribution is 5.79. The van der Waals surface area contributed by atoms with Crippen molar-refractivity contribution in [3.05, 3.63) is 47.7 Å². The maximum Gasteiger partial charge on any atom is 0.231 e. The van der Waals surface area contributed by atoms with Crippen molar-refractivity contribution in [3.8, 4) is 11.5 Å². The van der Waals surface area contributed by atoms with E-state index in [1.54, 1.807) is 0 Å². The number of anilines is 1. The van der Waals surface area contributed by atoms with Crippen LogP contribution in [0.25, 0.3) is 0 Å². The minimum atomic E-state index is 0.289. The summed E-state index contributed by atoms with van der Waals surface area (Å²) in [4.78, 5) is 11.7. The summed E-state index contributed by atoms with van der Waals surface area (Å²) < 4.78 is 10.8. The fourth-order valence-electron chi connectivity index (χ4n) is 3.60. The summed E-state index contributed by atoms with van der Waals surface area (Å²) in [6.45, 7) is 6.64. The van der Waals surface area contributed by atoms with Crippen molar-refractivity contribution in [1.82, 2.24) is 15.6 Å². The van der Waals surface area contributed by atoms with Crippen molar-refractivity contribution in [2.24, 2.45) is 4.99 Å². The van der Waals surface area contributed by atoms with Gasteiger partial charge in [0.1, 0.15) is 5.82 Å². The number of nitrogens with one attached hydrogen (secondary N) is 2. The first-order valence-electron chi connectivity index (χ1n) is 10.4. The van der Waals surface area contributed by atoms with Crippen LogP contribution < -0.4 is 25.0 Å². The first kappa shape index (κ1) is 19.4. The van der Waals surface area contributed by atoms with Gasteiger partial charge in [-0.3, -0.25) is 0 Å². The number of fused-ring (bicyclic) bond motifs is 1. The number of benzene rings is 1. The highest BCUT2D eigenvalue weighted by Gasteiger charge is 2.14. The average Bonchev–Trinajstić information content (AvgIpc) is 3.24. The zero-order valence-corrected chi connectivity index (χ0v) is 17.0. The summed E-state index contributed by atoms with van der Waals surface area (Å²) in [5, 5.41) is 6.74. The van der Waals surface area contributed by atoms with Crippen molar-refractivity contribution in [2.45, 2.75) is 39.3 Å². The maximum atomic E-state index is 5.45. The number of ether oxygens (including phenoxy) is 2. The molecule has 0 atom stereocenters. The molecule has 1 saturated heterocycles. The van der Waals surface area contributed by atoms with Gasteiger partial charge in [-0.2, -0.15) is 0 Å². The lowest BCUT2D eigenvalue weighted by Crippen LogP contribution is -2.37. The number of nitrogens with zero attached hydrogens (tertiary/aromatic N) is 3. The summed E-state index contributed by atoms with van der Waals surface area (Å²) in [5.41, 5.74) is 2.29. The Bertz CT molecular complexity index is 849. The first-order valence-corrected chi connectivity index (χ1v) is 10.4. The van der Waals surface area contributed by atoms with E-state index in [9.17, 15) is 0 Å². The smallest absolute Gasteiger partial charge is 0.231 e. The molecule has 0 unspecified atom stereocenters. The van der Waals surface area contributed by atoms with Crippen LogP contribution in [0, 0.1) is 0 Å². The minimum Gasteiger partial charge on any atom is -0.454 e. The third-order valence-electron chi connectivity index (χ3n) is 5.15. The predicted octanol–water partition coefficient (Wildman–Crippen LogP) is 3.06. The molecule has 0 amide bonds. The van der Waals surface area contributed by atoms with Gasteiger partial charge in [0.2, 0.25) is 6.79 Å². The van der Waals surface area contributed by atoms with E-state index in [4.69, 9.17) is 14.5 Å². The molecular formula is C22H29N5O2. The third-order valence-corrected chi connectivity index (χ3v) is 5.15. The molecular weight excluding hydrogens is 366 g/mol. The first-order chi connectivity index (χ1) is 14.3. The largest absolute Gasteiger partial charge is 0.454 e. The van der Waals surface area contributed by atoms with Gasteiger partial charge in [0, 0.05) is 32.4 Å². The monoisotopic (exact) mass is 395 g/mol. The lowest BCUT2D eigenvalue weighted by molar-refractivity contribution is 0.174. The van der Waals surface area contributed by atoms with Crippen molar-refractivity contribution < 1.29 is 9.47 Å². The van der Waals surface area contributed by atoms with E-state index in [1.807, 2.05) is 24.4 Å².